The number of ether oxygens (including phenoxy) is 1. The van der Waals surface area contributed by atoms with Gasteiger partial charge in [0.2, 0.25) is 6.61 Å². The molecule has 14 heteroatoms. The molecule has 0 unspecified atom stereocenters. The number of nitro groups is 4. The summed E-state index contributed by atoms with van der Waals surface area (Å²) in [6.07, 6.45) is 0. The molecule has 0 N–H and O–H groups in total. The van der Waals surface area contributed by atoms with Gasteiger partial charge in [-0.3, -0.25) is 40.5 Å². The molecule has 0 aromatic rings. The molecular formula is C5H7FN4O9. The molecule has 19 heavy (non-hydrogen) atoms. The summed E-state index contributed by atoms with van der Waals surface area (Å²) in [5.74, 6) is -4.23. The lowest BCUT2D eigenvalue weighted by Gasteiger charge is -2.13. The van der Waals surface area contributed by atoms with Gasteiger partial charge in [-0.15, -0.1) is 0 Å². The molecule has 0 atom stereocenters. The first-order valence-electron chi connectivity index (χ1n) is 4.33. The van der Waals surface area contributed by atoms with E-state index in [-0.39, 0.29) is 0 Å². The van der Waals surface area contributed by atoms with Gasteiger partial charge < -0.3 is 4.74 Å². The molecule has 0 saturated carbocycles. The van der Waals surface area contributed by atoms with Gasteiger partial charge >= 0.3 is 11.6 Å². The first kappa shape index (κ1) is 16.5. The molecule has 13 nitrogen and oxygen atoms in total. The van der Waals surface area contributed by atoms with E-state index in [4.69, 9.17) is 0 Å². The van der Waals surface area contributed by atoms with Crippen LogP contribution in [-0.2, 0) is 4.74 Å². The monoisotopic (exact) mass is 286 g/mol. The highest BCUT2D eigenvalue weighted by Gasteiger charge is 2.60. The fourth-order valence-corrected chi connectivity index (χ4v) is 0.718. The highest BCUT2D eigenvalue weighted by molar-refractivity contribution is 4.60. The van der Waals surface area contributed by atoms with Crippen LogP contribution >= 0.6 is 0 Å². The molecule has 0 aliphatic carbocycles. The smallest absolute Gasteiger partial charge is 0.348 e. The van der Waals surface area contributed by atoms with Crippen molar-refractivity contribution in [3.63, 3.8) is 0 Å². The maximum atomic E-state index is 13.2. The number of hydrogen-bond acceptors (Lipinski definition) is 9. The summed E-state index contributed by atoms with van der Waals surface area (Å²) in [4.78, 5) is 34.5. The van der Waals surface area contributed by atoms with E-state index in [2.05, 4.69) is 4.74 Å². The van der Waals surface area contributed by atoms with Crippen molar-refractivity contribution in [2.24, 2.45) is 0 Å². The van der Waals surface area contributed by atoms with Crippen molar-refractivity contribution in [2.45, 2.75) is 18.5 Å². The second-order valence-electron chi connectivity index (χ2n) is 3.46. The van der Waals surface area contributed by atoms with E-state index in [9.17, 15) is 44.8 Å². The van der Waals surface area contributed by atoms with Crippen LogP contribution in [0, 0.1) is 40.5 Å². The topological polar surface area (TPSA) is 182 Å². The molecule has 0 spiro atoms. The molecule has 0 heterocycles. The van der Waals surface area contributed by atoms with Crippen LogP contribution in [0.15, 0.2) is 0 Å². The number of hydrogen-bond donors (Lipinski definition) is 0. The van der Waals surface area contributed by atoms with Crippen molar-refractivity contribution < 1.29 is 28.8 Å². The second-order valence-corrected chi connectivity index (χ2v) is 3.46. The summed E-state index contributed by atoms with van der Waals surface area (Å²) in [6.45, 7) is -2.67. The minimum atomic E-state index is -4.23. The van der Waals surface area contributed by atoms with Gasteiger partial charge in [-0.1, -0.05) is 4.39 Å². The van der Waals surface area contributed by atoms with Gasteiger partial charge in [-0.05, 0) is 0 Å². The molecule has 0 aromatic carbocycles. The van der Waals surface area contributed by atoms with E-state index in [0.717, 1.165) is 0 Å². The fraction of sp³-hybridized carbons (Fsp3) is 1.00. The maximum Gasteiger partial charge on any atom is 0.637 e. The third kappa shape index (κ3) is 3.24. The largest absolute Gasteiger partial charge is 0.637 e. The van der Waals surface area contributed by atoms with Crippen LogP contribution in [0.25, 0.3) is 0 Å². The molecule has 0 saturated heterocycles. The van der Waals surface area contributed by atoms with Gasteiger partial charge in [-0.25, -0.2) is 0 Å². The van der Waals surface area contributed by atoms with Gasteiger partial charge in [0.1, 0.15) is 19.7 Å². The number of nitrogens with zero attached hydrogens (tertiary/aromatic N) is 4. The Balaban J connectivity index is 4.84. The van der Waals surface area contributed by atoms with Crippen LogP contribution < -0.4 is 0 Å². The molecule has 0 bridgehead atoms. The second kappa shape index (κ2) is 5.42. The Kier molecular flexibility index (Phi) is 4.71. The Morgan fingerprint density at radius 2 is 1.26 bits per heavy atom. The van der Waals surface area contributed by atoms with E-state index in [1.54, 1.807) is 0 Å². The predicted octanol–water partition coefficient (Wildman–Crippen LogP) is -0.551. The van der Waals surface area contributed by atoms with Crippen molar-refractivity contribution in [2.75, 3.05) is 13.2 Å². The lowest BCUT2D eigenvalue weighted by molar-refractivity contribution is -0.835. The normalized spacial score (nSPS) is 11.9. The lowest BCUT2D eigenvalue weighted by atomic mass is 10.2. The summed E-state index contributed by atoms with van der Waals surface area (Å²) in [5, 5.41) is 41.1. The molecule has 0 radical (unpaired) electrons. The highest BCUT2D eigenvalue weighted by Crippen LogP contribution is 2.16. The highest BCUT2D eigenvalue weighted by atomic mass is 19.2. The molecule has 0 amide bonds. The standard InChI is InChI=1S/C5H7FN4O9/c1-4(7(11)12,8(13)14)2-19-3-5(6,9(15)16)10(17)18/h2-3H2,1H3. The molecule has 0 aliphatic heterocycles. The summed E-state index contributed by atoms with van der Waals surface area (Å²) in [7, 11) is 0. The van der Waals surface area contributed by atoms with Crippen molar-refractivity contribution in [1.82, 2.24) is 0 Å². The Morgan fingerprint density at radius 3 is 1.53 bits per heavy atom. The van der Waals surface area contributed by atoms with Crippen LogP contribution in [0.3, 0.4) is 0 Å². The van der Waals surface area contributed by atoms with Crippen LogP contribution in [0.2, 0.25) is 0 Å². The zero-order valence-corrected chi connectivity index (χ0v) is 9.26. The Bertz CT molecular complexity index is 359. The lowest BCUT2D eigenvalue weighted by Crippen LogP contribution is -2.51. The zero-order chi connectivity index (χ0) is 15.4. The molecule has 0 aromatic heterocycles. The Labute approximate surface area is 102 Å². The van der Waals surface area contributed by atoms with E-state index < -0.39 is 44.5 Å². The average molecular weight is 286 g/mol. The van der Waals surface area contributed by atoms with Crippen molar-refractivity contribution in [3.05, 3.63) is 40.5 Å². The van der Waals surface area contributed by atoms with Gasteiger partial charge in [0.15, 0.2) is 6.61 Å². The minimum Gasteiger partial charge on any atom is -0.348 e. The Hall–Kier alpha value is -2.51. The third-order valence-corrected chi connectivity index (χ3v) is 2.01. The van der Waals surface area contributed by atoms with E-state index in [0.29, 0.717) is 6.92 Å². The van der Waals surface area contributed by atoms with Crippen LogP contribution in [-0.4, -0.2) is 44.5 Å². The molecule has 0 fully saturated rings. The Morgan fingerprint density at radius 1 is 0.895 bits per heavy atom. The maximum absolute atomic E-state index is 13.2. The van der Waals surface area contributed by atoms with Crippen LogP contribution in [0.4, 0.5) is 4.39 Å². The van der Waals surface area contributed by atoms with E-state index >= 15 is 0 Å². The summed E-state index contributed by atoms with van der Waals surface area (Å²) >= 11 is 0. The van der Waals surface area contributed by atoms with Gasteiger partial charge in [-0.2, -0.15) is 0 Å². The van der Waals surface area contributed by atoms with Gasteiger partial charge in [0.25, 0.3) is 0 Å². The van der Waals surface area contributed by atoms with Gasteiger partial charge in [0.05, 0.1) is 6.92 Å². The number of halogens is 1. The summed E-state index contributed by atoms with van der Waals surface area (Å²) in [5.41, 5.74) is -2.89. The first-order chi connectivity index (χ1) is 8.48. The average Bonchev–Trinajstić information content (AvgIpc) is 2.27. The molecular weight excluding hydrogens is 279 g/mol. The van der Waals surface area contributed by atoms with Crippen molar-refractivity contribution in [3.8, 4) is 0 Å². The fourth-order valence-electron chi connectivity index (χ4n) is 0.718. The number of rotatable bonds is 8. The number of alkyl halides is 1. The van der Waals surface area contributed by atoms with E-state index in [1.165, 1.54) is 0 Å². The van der Waals surface area contributed by atoms with Crippen LogP contribution in [0.5, 0.6) is 0 Å². The summed E-state index contributed by atoms with van der Waals surface area (Å²) in [6, 6.07) is 0. The zero-order valence-electron chi connectivity index (χ0n) is 9.26. The van der Waals surface area contributed by atoms with Crippen molar-refractivity contribution >= 4 is 0 Å². The van der Waals surface area contributed by atoms with Crippen LogP contribution in [0.1, 0.15) is 6.92 Å². The summed E-state index contributed by atoms with van der Waals surface area (Å²) < 4.78 is 17.2. The SMILES string of the molecule is CC(COCC(F)([N+](=O)[O-])[N+](=O)[O-])([N+](=O)[O-])[N+](=O)[O-]. The quantitative estimate of drug-likeness (QED) is 0.244. The van der Waals surface area contributed by atoms with Crippen molar-refractivity contribution in [1.29, 1.82) is 0 Å². The molecule has 0 aliphatic rings. The third-order valence-electron chi connectivity index (χ3n) is 2.01. The van der Waals surface area contributed by atoms with E-state index in [1.807, 2.05) is 0 Å². The predicted molar refractivity (Wildman–Crippen MR) is 51.0 cm³/mol. The molecule has 108 valence electrons. The van der Waals surface area contributed by atoms with Gasteiger partial charge in [0, 0.05) is 0 Å². The first-order valence-corrected chi connectivity index (χ1v) is 4.33. The minimum absolute atomic E-state index is 0.505. The molecule has 0 rings (SSSR count).